The largest absolute Gasteiger partial charge is 0.461 e. The SMILES string of the molecule is C=C(c1ccccc1)[C@@H]1N(C)C(=O)[C@H](Cc2ccccc2)N1C(=O)c1ccccc1N/N=C(\Cl)C(=O)OCC. The molecule has 39 heavy (non-hydrogen) atoms. The highest BCUT2D eigenvalue weighted by Crippen LogP contribution is 2.34. The first-order valence-electron chi connectivity index (χ1n) is 12.5. The number of hydrogen-bond acceptors (Lipinski definition) is 6. The summed E-state index contributed by atoms with van der Waals surface area (Å²) in [7, 11) is 1.68. The van der Waals surface area contributed by atoms with Gasteiger partial charge >= 0.3 is 5.97 Å². The molecule has 200 valence electrons. The molecule has 2 amide bonds. The predicted molar refractivity (Wildman–Crippen MR) is 152 cm³/mol. The number of hydrazone groups is 1. The number of carbonyl (C=O) groups is 3. The van der Waals surface area contributed by atoms with Crippen LogP contribution in [-0.4, -0.2) is 58.6 Å². The summed E-state index contributed by atoms with van der Waals surface area (Å²) in [4.78, 5) is 42.9. The quantitative estimate of drug-likeness (QED) is 0.238. The summed E-state index contributed by atoms with van der Waals surface area (Å²) in [5.41, 5.74) is 5.63. The molecule has 8 nitrogen and oxygen atoms in total. The Balaban J connectivity index is 1.74. The van der Waals surface area contributed by atoms with E-state index < -0.39 is 29.3 Å². The third-order valence-corrected chi connectivity index (χ3v) is 6.68. The fourth-order valence-electron chi connectivity index (χ4n) is 4.56. The molecule has 0 aliphatic carbocycles. The summed E-state index contributed by atoms with van der Waals surface area (Å²) in [5, 5.41) is 3.48. The number of amides is 2. The van der Waals surface area contributed by atoms with E-state index in [0.717, 1.165) is 11.1 Å². The Labute approximate surface area is 232 Å². The molecular weight excluding hydrogens is 516 g/mol. The van der Waals surface area contributed by atoms with Crippen LogP contribution < -0.4 is 5.43 Å². The van der Waals surface area contributed by atoms with Gasteiger partial charge in [-0.25, -0.2) is 4.79 Å². The lowest BCUT2D eigenvalue weighted by Crippen LogP contribution is -2.45. The van der Waals surface area contributed by atoms with Crippen LogP contribution in [0.1, 0.15) is 28.4 Å². The molecule has 1 heterocycles. The molecule has 0 saturated carbocycles. The number of carbonyl (C=O) groups excluding carboxylic acids is 3. The molecule has 9 heteroatoms. The minimum Gasteiger partial charge on any atom is -0.461 e. The number of nitrogens with one attached hydrogen (secondary N) is 1. The van der Waals surface area contributed by atoms with Crippen molar-refractivity contribution in [2.75, 3.05) is 19.1 Å². The lowest BCUT2D eigenvalue weighted by molar-refractivity contribution is -0.134. The standard InChI is InChI=1S/C30H29ClN4O4/c1-4-39-30(38)26(31)33-32-24-18-12-11-17-23(24)28(36)35-25(19-21-13-7-5-8-14-21)29(37)34(3)27(35)20(2)22-15-9-6-10-16-22/h5-18,25,27,32H,2,4,19H2,1,3H3/b33-26-/t25-,27+/m0/s1. The monoisotopic (exact) mass is 544 g/mol. The maximum atomic E-state index is 14.3. The molecule has 0 bridgehead atoms. The van der Waals surface area contributed by atoms with E-state index in [0.29, 0.717) is 17.7 Å². The zero-order valence-corrected chi connectivity index (χ0v) is 22.5. The van der Waals surface area contributed by atoms with Crippen molar-refractivity contribution in [3.8, 4) is 0 Å². The Morgan fingerprint density at radius 2 is 1.62 bits per heavy atom. The average molecular weight is 545 g/mol. The van der Waals surface area contributed by atoms with Crippen molar-refractivity contribution in [2.24, 2.45) is 5.10 Å². The third kappa shape index (κ3) is 6.02. The highest BCUT2D eigenvalue weighted by atomic mass is 35.5. The molecule has 3 aromatic carbocycles. The van der Waals surface area contributed by atoms with E-state index in [2.05, 4.69) is 17.1 Å². The zero-order chi connectivity index (χ0) is 27.9. The number of ether oxygens (including phenoxy) is 1. The first-order valence-corrected chi connectivity index (χ1v) is 12.8. The molecule has 1 saturated heterocycles. The summed E-state index contributed by atoms with van der Waals surface area (Å²) in [6.45, 7) is 6.08. The zero-order valence-electron chi connectivity index (χ0n) is 21.7. The number of halogens is 1. The molecule has 1 fully saturated rings. The van der Waals surface area contributed by atoms with Crippen LogP contribution in [0.2, 0.25) is 0 Å². The van der Waals surface area contributed by atoms with Crippen LogP contribution in [0.3, 0.4) is 0 Å². The Morgan fingerprint density at radius 1 is 1.00 bits per heavy atom. The van der Waals surface area contributed by atoms with E-state index in [1.165, 1.54) is 0 Å². The summed E-state index contributed by atoms with van der Waals surface area (Å²) in [6.07, 6.45) is -0.391. The van der Waals surface area contributed by atoms with Crippen LogP contribution >= 0.6 is 11.6 Å². The highest BCUT2D eigenvalue weighted by Gasteiger charge is 2.48. The van der Waals surface area contributed by atoms with Crippen molar-refractivity contribution in [2.45, 2.75) is 25.6 Å². The number of likely N-dealkylation sites (N-methyl/N-ethyl adjacent to an activating group) is 1. The summed E-state index contributed by atoms with van der Waals surface area (Å²) in [6, 6.07) is 24.9. The molecule has 2 atom stereocenters. The number of esters is 1. The molecule has 1 aliphatic heterocycles. The second kappa shape index (κ2) is 12.4. The smallest absolute Gasteiger partial charge is 0.370 e. The molecule has 0 spiro atoms. The summed E-state index contributed by atoms with van der Waals surface area (Å²) in [5.74, 6) is -1.38. The number of benzene rings is 3. The fraction of sp³-hybridized carbons (Fsp3) is 0.200. The van der Waals surface area contributed by atoms with E-state index in [-0.39, 0.29) is 18.1 Å². The first-order chi connectivity index (χ1) is 18.8. The van der Waals surface area contributed by atoms with E-state index in [1.807, 2.05) is 60.7 Å². The van der Waals surface area contributed by atoms with Crippen LogP contribution in [0.4, 0.5) is 5.69 Å². The van der Waals surface area contributed by atoms with Crippen molar-refractivity contribution in [1.82, 2.24) is 9.80 Å². The maximum absolute atomic E-state index is 14.3. The summed E-state index contributed by atoms with van der Waals surface area (Å²) < 4.78 is 4.86. The maximum Gasteiger partial charge on any atom is 0.370 e. The van der Waals surface area contributed by atoms with Gasteiger partial charge in [-0.2, -0.15) is 5.10 Å². The van der Waals surface area contributed by atoms with Crippen LogP contribution in [-0.2, 0) is 20.7 Å². The molecule has 0 radical (unpaired) electrons. The summed E-state index contributed by atoms with van der Waals surface area (Å²) >= 11 is 5.96. The topological polar surface area (TPSA) is 91.3 Å². The van der Waals surface area contributed by atoms with Crippen molar-refractivity contribution in [3.05, 3.63) is 108 Å². The Morgan fingerprint density at radius 3 is 2.28 bits per heavy atom. The van der Waals surface area contributed by atoms with Gasteiger partial charge in [0.25, 0.3) is 5.91 Å². The van der Waals surface area contributed by atoms with Gasteiger partial charge < -0.3 is 14.5 Å². The number of anilines is 1. The lowest BCUT2D eigenvalue weighted by atomic mass is 10.0. The van der Waals surface area contributed by atoms with E-state index in [4.69, 9.17) is 16.3 Å². The molecule has 4 rings (SSSR count). The number of para-hydroxylation sites is 1. The van der Waals surface area contributed by atoms with Crippen LogP contribution in [0, 0.1) is 0 Å². The molecule has 1 N–H and O–H groups in total. The minimum atomic E-state index is -0.788. The van der Waals surface area contributed by atoms with Gasteiger partial charge in [-0.3, -0.25) is 15.0 Å². The molecular formula is C30H29ClN4O4. The normalized spacial score (nSPS) is 17.2. The first kappa shape index (κ1) is 27.6. The molecule has 0 aromatic heterocycles. The second-order valence-electron chi connectivity index (χ2n) is 8.91. The minimum absolute atomic E-state index is 0.144. The van der Waals surface area contributed by atoms with Gasteiger partial charge in [0.2, 0.25) is 11.1 Å². The average Bonchev–Trinajstić information content (AvgIpc) is 3.21. The van der Waals surface area contributed by atoms with Crippen molar-refractivity contribution in [1.29, 1.82) is 0 Å². The van der Waals surface area contributed by atoms with E-state index in [1.54, 1.807) is 48.0 Å². The third-order valence-electron chi connectivity index (χ3n) is 6.44. The molecule has 0 unspecified atom stereocenters. The Kier molecular flexibility index (Phi) is 8.78. The van der Waals surface area contributed by atoms with Crippen LogP contribution in [0.25, 0.3) is 5.57 Å². The fourth-order valence-corrected chi connectivity index (χ4v) is 4.66. The van der Waals surface area contributed by atoms with Crippen LogP contribution in [0.15, 0.2) is 96.6 Å². The van der Waals surface area contributed by atoms with Gasteiger partial charge in [0, 0.05) is 13.5 Å². The van der Waals surface area contributed by atoms with Gasteiger partial charge in [-0.05, 0) is 35.8 Å². The van der Waals surface area contributed by atoms with Crippen molar-refractivity contribution < 1.29 is 19.1 Å². The number of rotatable bonds is 9. The van der Waals surface area contributed by atoms with Gasteiger partial charge in [-0.1, -0.05) is 91.0 Å². The molecule has 1 aliphatic rings. The van der Waals surface area contributed by atoms with Gasteiger partial charge in [0.05, 0.1) is 17.9 Å². The van der Waals surface area contributed by atoms with E-state index >= 15 is 0 Å². The lowest BCUT2D eigenvalue weighted by Gasteiger charge is -2.32. The number of nitrogens with zero attached hydrogens (tertiary/aromatic N) is 3. The Bertz CT molecular complexity index is 1390. The van der Waals surface area contributed by atoms with Crippen molar-refractivity contribution in [3.63, 3.8) is 0 Å². The van der Waals surface area contributed by atoms with Gasteiger partial charge in [0.1, 0.15) is 12.2 Å². The van der Waals surface area contributed by atoms with E-state index in [9.17, 15) is 14.4 Å². The molecule has 3 aromatic rings. The van der Waals surface area contributed by atoms with Crippen LogP contribution in [0.5, 0.6) is 0 Å². The predicted octanol–water partition coefficient (Wildman–Crippen LogP) is 4.78. The highest BCUT2D eigenvalue weighted by molar-refractivity contribution is 6.82. The van der Waals surface area contributed by atoms with Gasteiger partial charge in [0.15, 0.2) is 0 Å². The van der Waals surface area contributed by atoms with Gasteiger partial charge in [-0.15, -0.1) is 0 Å². The Hall–Kier alpha value is -4.43. The second-order valence-corrected chi connectivity index (χ2v) is 9.27. The van der Waals surface area contributed by atoms with Crippen molar-refractivity contribution >= 4 is 45.8 Å². The number of hydrogen-bond donors (Lipinski definition) is 1.